The second kappa shape index (κ2) is 6.55. The molecule has 16 heavy (non-hydrogen) atoms. The summed E-state index contributed by atoms with van der Waals surface area (Å²) >= 11 is 0. The first kappa shape index (κ1) is 13.9. The zero-order valence-corrected chi connectivity index (χ0v) is 10.8. The van der Waals surface area contributed by atoms with Gasteiger partial charge in [0.25, 0.3) is 0 Å². The van der Waals surface area contributed by atoms with E-state index in [2.05, 4.69) is 18.7 Å². The summed E-state index contributed by atoms with van der Waals surface area (Å²) in [6.45, 7) is 5.88. The molecule has 0 bridgehead atoms. The van der Waals surface area contributed by atoms with Crippen molar-refractivity contribution in [3.05, 3.63) is 0 Å². The van der Waals surface area contributed by atoms with Crippen LogP contribution in [0.25, 0.3) is 0 Å². The minimum atomic E-state index is -0.507. The molecule has 4 heteroatoms. The van der Waals surface area contributed by atoms with E-state index in [0.717, 1.165) is 0 Å². The first-order valence-corrected chi connectivity index (χ1v) is 6.10. The lowest BCUT2D eigenvalue weighted by Crippen LogP contribution is -2.37. The van der Waals surface area contributed by atoms with Crippen LogP contribution in [0.5, 0.6) is 0 Å². The highest BCUT2D eigenvalue weighted by molar-refractivity contribution is 4.80. The molecule has 0 aromatic rings. The summed E-state index contributed by atoms with van der Waals surface area (Å²) in [4.78, 5) is 19.9. The molecule has 1 unspecified atom stereocenters. The number of rotatable bonds is 6. The highest BCUT2D eigenvalue weighted by atomic mass is 17.3. The standard InChI is InChI=1S/C12H24O4/c1-10(14-13-4)15-16-12(2,3)11-8-6-5-7-9-11/h10-11H,5-9H2,1-4H3. The maximum Gasteiger partial charge on any atom is 0.221 e. The zero-order valence-electron chi connectivity index (χ0n) is 10.8. The van der Waals surface area contributed by atoms with Crippen LogP contribution in [-0.2, 0) is 19.6 Å². The summed E-state index contributed by atoms with van der Waals surface area (Å²) in [7, 11) is 1.45. The van der Waals surface area contributed by atoms with Crippen LogP contribution in [-0.4, -0.2) is 19.0 Å². The molecule has 96 valence electrons. The molecule has 0 heterocycles. The van der Waals surface area contributed by atoms with Gasteiger partial charge in [0.1, 0.15) is 5.60 Å². The molecule has 0 aliphatic heterocycles. The van der Waals surface area contributed by atoms with Gasteiger partial charge in [-0.1, -0.05) is 19.3 Å². The molecule has 1 aliphatic rings. The van der Waals surface area contributed by atoms with E-state index in [1.54, 1.807) is 6.92 Å². The Kier molecular flexibility index (Phi) is 5.69. The predicted molar refractivity (Wildman–Crippen MR) is 60.4 cm³/mol. The maximum absolute atomic E-state index is 5.48. The molecule has 1 atom stereocenters. The average Bonchev–Trinajstić information content (AvgIpc) is 2.28. The molecule has 0 amide bonds. The fraction of sp³-hybridized carbons (Fsp3) is 1.00. The molecule has 0 spiro atoms. The van der Waals surface area contributed by atoms with E-state index in [9.17, 15) is 0 Å². The molecule has 0 radical (unpaired) electrons. The van der Waals surface area contributed by atoms with Gasteiger partial charge >= 0.3 is 0 Å². The highest BCUT2D eigenvalue weighted by Gasteiger charge is 2.33. The third-order valence-electron chi connectivity index (χ3n) is 3.22. The molecule has 1 saturated carbocycles. The SMILES string of the molecule is COOC(C)OOC(C)(C)C1CCCCC1. The molecule has 0 aromatic heterocycles. The molecule has 1 rings (SSSR count). The summed E-state index contributed by atoms with van der Waals surface area (Å²) in [5.74, 6) is 0.566. The van der Waals surface area contributed by atoms with Crippen molar-refractivity contribution in [3.63, 3.8) is 0 Å². The van der Waals surface area contributed by atoms with Gasteiger partial charge in [-0.2, -0.15) is 0 Å². The smallest absolute Gasteiger partial charge is 0.221 e. The number of hydrogen-bond donors (Lipinski definition) is 0. The summed E-state index contributed by atoms with van der Waals surface area (Å²) in [6, 6.07) is 0. The predicted octanol–water partition coefficient (Wildman–Crippen LogP) is 3.22. The average molecular weight is 232 g/mol. The van der Waals surface area contributed by atoms with Crippen molar-refractivity contribution < 1.29 is 19.6 Å². The van der Waals surface area contributed by atoms with Crippen LogP contribution in [0.1, 0.15) is 52.9 Å². The fourth-order valence-corrected chi connectivity index (χ4v) is 2.21. The van der Waals surface area contributed by atoms with E-state index in [4.69, 9.17) is 14.7 Å². The van der Waals surface area contributed by atoms with E-state index >= 15 is 0 Å². The van der Waals surface area contributed by atoms with Crippen molar-refractivity contribution >= 4 is 0 Å². The van der Waals surface area contributed by atoms with Gasteiger partial charge in [-0.05, 0) is 39.5 Å². The third kappa shape index (κ3) is 4.37. The van der Waals surface area contributed by atoms with Gasteiger partial charge in [-0.25, -0.2) is 19.6 Å². The molecule has 1 aliphatic carbocycles. The molecule has 0 saturated heterocycles. The van der Waals surface area contributed by atoms with Gasteiger partial charge in [-0.15, -0.1) is 0 Å². The van der Waals surface area contributed by atoms with Gasteiger partial charge in [0.05, 0.1) is 7.11 Å². The largest absolute Gasteiger partial charge is 0.237 e. The number of hydrogen-bond acceptors (Lipinski definition) is 4. The summed E-state index contributed by atoms with van der Waals surface area (Å²) in [5, 5.41) is 0. The van der Waals surface area contributed by atoms with Crippen molar-refractivity contribution in [1.82, 2.24) is 0 Å². The van der Waals surface area contributed by atoms with Crippen molar-refractivity contribution in [2.45, 2.75) is 64.8 Å². The van der Waals surface area contributed by atoms with Crippen LogP contribution in [0, 0.1) is 5.92 Å². The quantitative estimate of drug-likeness (QED) is 0.400. The Morgan fingerprint density at radius 2 is 1.69 bits per heavy atom. The highest BCUT2D eigenvalue weighted by Crippen LogP contribution is 2.34. The molecular weight excluding hydrogens is 208 g/mol. The van der Waals surface area contributed by atoms with Gasteiger partial charge in [0.15, 0.2) is 0 Å². The van der Waals surface area contributed by atoms with Crippen LogP contribution >= 0.6 is 0 Å². The van der Waals surface area contributed by atoms with E-state index in [-0.39, 0.29) is 5.60 Å². The Hall–Kier alpha value is -0.160. The molecule has 0 aromatic carbocycles. The first-order chi connectivity index (χ1) is 7.56. The second-order valence-corrected chi connectivity index (χ2v) is 4.95. The second-order valence-electron chi connectivity index (χ2n) is 4.95. The van der Waals surface area contributed by atoms with E-state index in [0.29, 0.717) is 5.92 Å². The van der Waals surface area contributed by atoms with Crippen molar-refractivity contribution in [3.8, 4) is 0 Å². The normalized spacial score (nSPS) is 21.0. The minimum absolute atomic E-state index is 0.258. The topological polar surface area (TPSA) is 36.9 Å². The van der Waals surface area contributed by atoms with Crippen LogP contribution < -0.4 is 0 Å². The van der Waals surface area contributed by atoms with Gasteiger partial charge in [-0.3, -0.25) is 0 Å². The minimum Gasteiger partial charge on any atom is -0.237 e. The van der Waals surface area contributed by atoms with Gasteiger partial charge in [0, 0.05) is 0 Å². The Labute approximate surface area is 98.1 Å². The van der Waals surface area contributed by atoms with Crippen LogP contribution in [0.15, 0.2) is 0 Å². The Morgan fingerprint density at radius 1 is 1.06 bits per heavy atom. The monoisotopic (exact) mass is 232 g/mol. The van der Waals surface area contributed by atoms with Gasteiger partial charge < -0.3 is 0 Å². The van der Waals surface area contributed by atoms with E-state index in [1.165, 1.54) is 39.2 Å². The molecular formula is C12H24O4. The van der Waals surface area contributed by atoms with Crippen molar-refractivity contribution in [2.24, 2.45) is 5.92 Å². The lowest BCUT2D eigenvalue weighted by Gasteiger charge is -2.35. The van der Waals surface area contributed by atoms with Crippen molar-refractivity contribution in [2.75, 3.05) is 7.11 Å². The third-order valence-corrected chi connectivity index (χ3v) is 3.22. The Morgan fingerprint density at radius 3 is 2.25 bits per heavy atom. The molecule has 1 fully saturated rings. The van der Waals surface area contributed by atoms with E-state index in [1.807, 2.05) is 0 Å². The van der Waals surface area contributed by atoms with E-state index < -0.39 is 6.29 Å². The summed E-state index contributed by atoms with van der Waals surface area (Å²) in [6.07, 6.45) is 5.86. The van der Waals surface area contributed by atoms with Crippen LogP contribution in [0.2, 0.25) is 0 Å². The molecule has 4 nitrogen and oxygen atoms in total. The maximum atomic E-state index is 5.48. The van der Waals surface area contributed by atoms with Crippen LogP contribution in [0.4, 0.5) is 0 Å². The summed E-state index contributed by atoms with van der Waals surface area (Å²) < 4.78 is 0. The lowest BCUT2D eigenvalue weighted by molar-refractivity contribution is -0.478. The fourth-order valence-electron chi connectivity index (χ4n) is 2.21. The first-order valence-electron chi connectivity index (χ1n) is 6.10. The van der Waals surface area contributed by atoms with Gasteiger partial charge in [0.2, 0.25) is 6.29 Å². The Bertz CT molecular complexity index is 187. The Balaban J connectivity index is 2.31. The van der Waals surface area contributed by atoms with Crippen molar-refractivity contribution in [1.29, 1.82) is 0 Å². The van der Waals surface area contributed by atoms with Crippen LogP contribution in [0.3, 0.4) is 0 Å². The summed E-state index contributed by atoms with van der Waals surface area (Å²) in [5.41, 5.74) is -0.258. The lowest BCUT2D eigenvalue weighted by atomic mass is 9.79. The molecule has 0 N–H and O–H groups in total. The zero-order chi connectivity index (χ0) is 12.0.